The molecule has 0 fully saturated rings. The summed E-state index contributed by atoms with van der Waals surface area (Å²) in [5, 5.41) is 0.951. The summed E-state index contributed by atoms with van der Waals surface area (Å²) < 4.78 is 10.8. The highest BCUT2D eigenvalue weighted by Gasteiger charge is 2.03. The minimum atomic E-state index is 0. The standard InChI is InChI=1S/C13H19BrClNO2.BrH/c1-17-12-2-4-13(5-3-12)18-11-10-16(8-6-14)9-7-15;/h2-5H,6-11H2,1H3;1H. The van der Waals surface area contributed by atoms with Crippen molar-refractivity contribution in [2.45, 2.75) is 0 Å². The zero-order valence-corrected chi connectivity index (χ0v) is 15.0. The molecular weight excluding hydrogens is 397 g/mol. The van der Waals surface area contributed by atoms with E-state index in [4.69, 9.17) is 21.1 Å². The molecule has 0 saturated heterocycles. The van der Waals surface area contributed by atoms with E-state index >= 15 is 0 Å². The van der Waals surface area contributed by atoms with Gasteiger partial charge in [0.05, 0.1) is 7.11 Å². The second-order valence-electron chi connectivity index (χ2n) is 3.74. The fraction of sp³-hybridized carbons (Fsp3) is 0.538. The van der Waals surface area contributed by atoms with Gasteiger partial charge in [-0.15, -0.1) is 28.6 Å². The topological polar surface area (TPSA) is 21.7 Å². The highest BCUT2D eigenvalue weighted by atomic mass is 79.9. The van der Waals surface area contributed by atoms with E-state index in [9.17, 15) is 0 Å². The molecule has 19 heavy (non-hydrogen) atoms. The molecule has 0 unspecified atom stereocenters. The minimum absolute atomic E-state index is 0. The van der Waals surface area contributed by atoms with Crippen LogP contribution in [0.4, 0.5) is 0 Å². The van der Waals surface area contributed by atoms with Gasteiger partial charge in [-0.2, -0.15) is 0 Å². The zero-order valence-electron chi connectivity index (χ0n) is 11.0. The Balaban J connectivity index is 0.00000324. The molecule has 0 spiro atoms. The van der Waals surface area contributed by atoms with E-state index < -0.39 is 0 Å². The van der Waals surface area contributed by atoms with Gasteiger partial charge < -0.3 is 9.47 Å². The maximum absolute atomic E-state index is 5.75. The number of hydrogen-bond acceptors (Lipinski definition) is 3. The molecule has 0 radical (unpaired) electrons. The van der Waals surface area contributed by atoms with E-state index in [2.05, 4.69) is 20.8 Å². The number of ether oxygens (including phenoxy) is 2. The Hall–Kier alpha value is 0.0300. The molecule has 110 valence electrons. The molecule has 0 heterocycles. The summed E-state index contributed by atoms with van der Waals surface area (Å²) in [6, 6.07) is 7.61. The lowest BCUT2D eigenvalue weighted by Gasteiger charge is -2.20. The molecule has 0 aromatic heterocycles. The monoisotopic (exact) mass is 415 g/mol. The molecule has 0 amide bonds. The van der Waals surface area contributed by atoms with E-state index in [0.29, 0.717) is 12.5 Å². The number of halogens is 3. The van der Waals surface area contributed by atoms with Crippen LogP contribution in [0.3, 0.4) is 0 Å². The number of benzene rings is 1. The number of nitrogens with zero attached hydrogens (tertiary/aromatic N) is 1. The van der Waals surface area contributed by atoms with Gasteiger partial charge in [0.25, 0.3) is 0 Å². The first-order valence-corrected chi connectivity index (χ1v) is 7.57. The predicted octanol–water partition coefficient (Wildman–Crippen LogP) is 3.59. The maximum Gasteiger partial charge on any atom is 0.119 e. The van der Waals surface area contributed by atoms with Gasteiger partial charge in [-0.05, 0) is 24.3 Å². The number of rotatable bonds is 9. The van der Waals surface area contributed by atoms with Crippen LogP contribution in [0, 0.1) is 0 Å². The summed E-state index contributed by atoms with van der Waals surface area (Å²) in [7, 11) is 1.65. The molecule has 1 aromatic carbocycles. The van der Waals surface area contributed by atoms with Gasteiger partial charge in [-0.25, -0.2) is 0 Å². The quantitative estimate of drug-likeness (QED) is 0.573. The number of hydrogen-bond donors (Lipinski definition) is 0. The van der Waals surface area contributed by atoms with E-state index in [1.165, 1.54) is 0 Å². The fourth-order valence-electron chi connectivity index (χ4n) is 1.54. The SMILES string of the molecule is Br.COc1ccc(OCCN(CCCl)CCBr)cc1. The molecule has 3 nitrogen and oxygen atoms in total. The van der Waals surface area contributed by atoms with Crippen molar-refractivity contribution < 1.29 is 9.47 Å². The van der Waals surface area contributed by atoms with E-state index in [0.717, 1.165) is 36.5 Å². The summed E-state index contributed by atoms with van der Waals surface area (Å²) in [5.74, 6) is 2.35. The van der Waals surface area contributed by atoms with Crippen LogP contribution in [0.25, 0.3) is 0 Å². The lowest BCUT2D eigenvalue weighted by molar-refractivity contribution is 0.225. The Morgan fingerprint density at radius 3 is 2.26 bits per heavy atom. The third kappa shape index (κ3) is 8.02. The molecule has 1 rings (SSSR count). The van der Waals surface area contributed by atoms with Crippen LogP contribution >= 0.6 is 44.5 Å². The Morgan fingerprint density at radius 1 is 1.11 bits per heavy atom. The average molecular weight is 418 g/mol. The number of alkyl halides is 2. The molecule has 0 aliphatic rings. The first-order chi connectivity index (χ1) is 8.80. The summed E-state index contributed by atoms with van der Waals surface area (Å²) in [6.07, 6.45) is 0. The van der Waals surface area contributed by atoms with Gasteiger partial charge in [0.2, 0.25) is 0 Å². The Morgan fingerprint density at radius 2 is 1.74 bits per heavy atom. The van der Waals surface area contributed by atoms with Crippen molar-refractivity contribution >= 4 is 44.5 Å². The van der Waals surface area contributed by atoms with Crippen LogP contribution in [0.15, 0.2) is 24.3 Å². The molecular formula is C13H20Br2ClNO2. The van der Waals surface area contributed by atoms with E-state index in [1.807, 2.05) is 24.3 Å². The van der Waals surface area contributed by atoms with Crippen LogP contribution in [-0.2, 0) is 0 Å². The predicted molar refractivity (Wildman–Crippen MR) is 89.8 cm³/mol. The second-order valence-corrected chi connectivity index (χ2v) is 4.91. The molecule has 0 bridgehead atoms. The molecule has 6 heteroatoms. The highest BCUT2D eigenvalue weighted by Crippen LogP contribution is 2.16. The Bertz CT molecular complexity index is 319. The second kappa shape index (κ2) is 11.8. The first kappa shape index (κ1) is 19.0. The van der Waals surface area contributed by atoms with Crippen LogP contribution < -0.4 is 9.47 Å². The Kier molecular flexibility index (Phi) is 11.8. The molecule has 0 N–H and O–H groups in total. The van der Waals surface area contributed by atoms with Crippen molar-refractivity contribution in [3.63, 3.8) is 0 Å². The normalized spacial score (nSPS) is 10.1. The van der Waals surface area contributed by atoms with Crippen molar-refractivity contribution in [1.82, 2.24) is 4.90 Å². The van der Waals surface area contributed by atoms with Gasteiger partial charge in [0.1, 0.15) is 18.1 Å². The summed E-state index contributed by atoms with van der Waals surface area (Å²) in [5.41, 5.74) is 0. The van der Waals surface area contributed by atoms with Crippen LogP contribution in [-0.4, -0.2) is 49.5 Å². The largest absolute Gasteiger partial charge is 0.497 e. The van der Waals surface area contributed by atoms with Crippen LogP contribution in [0.2, 0.25) is 0 Å². The molecule has 0 aliphatic heterocycles. The minimum Gasteiger partial charge on any atom is -0.497 e. The van der Waals surface area contributed by atoms with Gasteiger partial charge in [0, 0.05) is 30.8 Å². The van der Waals surface area contributed by atoms with Gasteiger partial charge in [-0.3, -0.25) is 4.90 Å². The zero-order chi connectivity index (χ0) is 13.2. The fourth-order valence-corrected chi connectivity index (χ4v) is 2.28. The van der Waals surface area contributed by atoms with Crippen LogP contribution in [0.1, 0.15) is 0 Å². The highest BCUT2D eigenvalue weighted by molar-refractivity contribution is 9.09. The van der Waals surface area contributed by atoms with Gasteiger partial charge in [0.15, 0.2) is 0 Å². The van der Waals surface area contributed by atoms with Crippen molar-refractivity contribution in [2.24, 2.45) is 0 Å². The molecule has 0 saturated carbocycles. The van der Waals surface area contributed by atoms with Gasteiger partial charge in [-0.1, -0.05) is 15.9 Å². The smallest absolute Gasteiger partial charge is 0.119 e. The van der Waals surface area contributed by atoms with E-state index in [1.54, 1.807) is 7.11 Å². The Labute approximate surface area is 139 Å². The molecule has 0 aliphatic carbocycles. The lowest BCUT2D eigenvalue weighted by atomic mass is 10.3. The summed E-state index contributed by atoms with van der Waals surface area (Å²) in [6.45, 7) is 3.42. The lowest BCUT2D eigenvalue weighted by Crippen LogP contribution is -2.31. The van der Waals surface area contributed by atoms with Crippen molar-refractivity contribution in [2.75, 3.05) is 44.6 Å². The van der Waals surface area contributed by atoms with Gasteiger partial charge >= 0.3 is 0 Å². The number of methoxy groups -OCH3 is 1. The maximum atomic E-state index is 5.75. The average Bonchev–Trinajstić information content (AvgIpc) is 2.40. The molecule has 1 aromatic rings. The van der Waals surface area contributed by atoms with Crippen molar-refractivity contribution in [3.8, 4) is 11.5 Å². The van der Waals surface area contributed by atoms with E-state index in [-0.39, 0.29) is 17.0 Å². The van der Waals surface area contributed by atoms with Crippen LogP contribution in [0.5, 0.6) is 11.5 Å². The first-order valence-electron chi connectivity index (χ1n) is 5.91. The third-order valence-electron chi connectivity index (χ3n) is 2.54. The third-order valence-corrected chi connectivity index (χ3v) is 3.06. The summed E-state index contributed by atoms with van der Waals surface area (Å²) in [4.78, 5) is 2.27. The van der Waals surface area contributed by atoms with Crippen molar-refractivity contribution in [3.05, 3.63) is 24.3 Å². The molecule has 0 atom stereocenters. The van der Waals surface area contributed by atoms with Crippen molar-refractivity contribution in [1.29, 1.82) is 0 Å². The summed E-state index contributed by atoms with van der Waals surface area (Å²) >= 11 is 9.18.